The number of anilines is 1. The van der Waals surface area contributed by atoms with E-state index >= 15 is 0 Å². The van der Waals surface area contributed by atoms with Crippen molar-refractivity contribution < 1.29 is 14.2 Å². The van der Waals surface area contributed by atoms with Crippen molar-refractivity contribution in [2.45, 2.75) is 25.9 Å². The number of halogens is 1. The van der Waals surface area contributed by atoms with Gasteiger partial charge in [-0.3, -0.25) is 4.98 Å². The van der Waals surface area contributed by atoms with Crippen LogP contribution < -0.4 is 24.4 Å². The standard InChI is InChI=1S/C28H25ClN4O3S/c1-16-12-20(17(2)32(16)22-13-18(29)7-9-23(22)34-3)27-26(21-6-4-5-11-30-21)31-28(37)33(27)19-8-10-24-25(14-19)36-15-35-24/h4-14,26-27H,15H2,1-3H3,(H,31,37)/t26-,27+/m0/s1. The smallest absolute Gasteiger partial charge is 0.231 e. The van der Waals surface area contributed by atoms with Gasteiger partial charge in [-0.15, -0.1) is 0 Å². The van der Waals surface area contributed by atoms with Gasteiger partial charge in [-0.2, -0.15) is 0 Å². The third kappa shape index (κ3) is 3.97. The molecule has 0 radical (unpaired) electrons. The molecule has 2 aromatic heterocycles. The second-order valence-electron chi connectivity index (χ2n) is 9.01. The topological polar surface area (TPSA) is 60.8 Å². The third-order valence-corrected chi connectivity index (χ3v) is 7.45. The summed E-state index contributed by atoms with van der Waals surface area (Å²) in [6.07, 6.45) is 1.81. The molecule has 1 saturated heterocycles. The molecule has 2 aromatic carbocycles. The first-order valence-corrected chi connectivity index (χ1v) is 12.7. The Kier molecular flexibility index (Phi) is 5.93. The van der Waals surface area contributed by atoms with Crippen LogP contribution in [-0.4, -0.2) is 28.6 Å². The van der Waals surface area contributed by atoms with Crippen molar-refractivity contribution in [2.24, 2.45) is 0 Å². The molecule has 0 bridgehead atoms. The Morgan fingerprint density at radius 2 is 1.89 bits per heavy atom. The molecule has 9 heteroatoms. The number of hydrogen-bond donors (Lipinski definition) is 1. The van der Waals surface area contributed by atoms with Gasteiger partial charge in [0.15, 0.2) is 16.6 Å². The fraction of sp³-hybridized carbons (Fsp3) is 0.214. The highest BCUT2D eigenvalue weighted by atomic mass is 35.5. The second kappa shape index (κ2) is 9.28. The minimum atomic E-state index is -0.173. The van der Waals surface area contributed by atoms with E-state index in [1.807, 2.05) is 54.6 Å². The van der Waals surface area contributed by atoms with Gasteiger partial charge in [-0.25, -0.2) is 0 Å². The van der Waals surface area contributed by atoms with E-state index in [1.54, 1.807) is 13.3 Å². The number of aromatic nitrogens is 2. The molecule has 0 aliphatic carbocycles. The second-order valence-corrected chi connectivity index (χ2v) is 9.84. The van der Waals surface area contributed by atoms with Crippen molar-refractivity contribution in [1.29, 1.82) is 0 Å². The molecule has 2 atom stereocenters. The van der Waals surface area contributed by atoms with Crippen LogP contribution in [-0.2, 0) is 0 Å². The van der Waals surface area contributed by atoms with Crippen LogP contribution >= 0.6 is 23.8 Å². The molecule has 4 heterocycles. The van der Waals surface area contributed by atoms with Crippen LogP contribution in [0.3, 0.4) is 0 Å². The highest BCUT2D eigenvalue weighted by Gasteiger charge is 2.42. The van der Waals surface area contributed by atoms with E-state index in [9.17, 15) is 0 Å². The van der Waals surface area contributed by atoms with Crippen LogP contribution in [0.4, 0.5) is 5.69 Å². The first kappa shape index (κ1) is 23.6. The average Bonchev–Trinajstić information content (AvgIpc) is 3.59. The molecule has 2 aliphatic heterocycles. The van der Waals surface area contributed by atoms with E-state index in [2.05, 4.69) is 39.7 Å². The molecule has 0 amide bonds. The van der Waals surface area contributed by atoms with Crippen LogP contribution in [0.25, 0.3) is 5.69 Å². The van der Waals surface area contributed by atoms with Crippen LogP contribution in [0.5, 0.6) is 17.2 Å². The molecule has 6 rings (SSSR count). The number of fused-ring (bicyclic) bond motifs is 1. The number of nitrogens with one attached hydrogen (secondary N) is 1. The Hall–Kier alpha value is -3.75. The van der Waals surface area contributed by atoms with Crippen molar-refractivity contribution in [3.8, 4) is 22.9 Å². The third-order valence-electron chi connectivity index (χ3n) is 6.90. The molecule has 1 fully saturated rings. The van der Waals surface area contributed by atoms with Crippen molar-refractivity contribution in [1.82, 2.24) is 14.9 Å². The maximum absolute atomic E-state index is 6.40. The fourth-order valence-electron chi connectivity index (χ4n) is 5.28. The molecular weight excluding hydrogens is 508 g/mol. The molecule has 7 nitrogen and oxygen atoms in total. The highest BCUT2D eigenvalue weighted by Crippen LogP contribution is 2.46. The molecule has 37 heavy (non-hydrogen) atoms. The van der Waals surface area contributed by atoms with Gasteiger partial charge in [-0.1, -0.05) is 17.7 Å². The molecule has 0 saturated carbocycles. The first-order valence-electron chi connectivity index (χ1n) is 11.9. The van der Waals surface area contributed by atoms with Crippen molar-refractivity contribution >= 4 is 34.6 Å². The number of aryl methyl sites for hydroxylation is 1. The summed E-state index contributed by atoms with van der Waals surface area (Å²) >= 11 is 12.3. The summed E-state index contributed by atoms with van der Waals surface area (Å²) in [5.74, 6) is 2.17. The molecule has 4 aromatic rings. The van der Waals surface area contributed by atoms with Gasteiger partial charge in [-0.05, 0) is 80.2 Å². The van der Waals surface area contributed by atoms with E-state index in [1.165, 1.54) is 0 Å². The van der Waals surface area contributed by atoms with Gasteiger partial charge >= 0.3 is 0 Å². The Morgan fingerprint density at radius 3 is 2.68 bits per heavy atom. The van der Waals surface area contributed by atoms with Crippen LogP contribution in [0, 0.1) is 13.8 Å². The molecule has 2 aliphatic rings. The van der Waals surface area contributed by atoms with Crippen molar-refractivity contribution in [2.75, 3.05) is 18.8 Å². The Labute approximate surface area is 225 Å². The lowest BCUT2D eigenvalue weighted by atomic mass is 9.96. The number of methoxy groups -OCH3 is 1. The van der Waals surface area contributed by atoms with E-state index in [4.69, 9.17) is 38.0 Å². The van der Waals surface area contributed by atoms with Crippen LogP contribution in [0.2, 0.25) is 5.02 Å². The van der Waals surface area contributed by atoms with Crippen LogP contribution in [0.15, 0.2) is 66.9 Å². The average molecular weight is 533 g/mol. The van der Waals surface area contributed by atoms with Crippen LogP contribution in [0.1, 0.15) is 34.7 Å². The summed E-state index contributed by atoms with van der Waals surface area (Å²) < 4.78 is 19.1. The largest absolute Gasteiger partial charge is 0.495 e. The Morgan fingerprint density at radius 1 is 1.05 bits per heavy atom. The number of pyridine rings is 1. The van der Waals surface area contributed by atoms with Gasteiger partial charge in [0.2, 0.25) is 6.79 Å². The molecule has 188 valence electrons. The summed E-state index contributed by atoms with van der Waals surface area (Å²) in [7, 11) is 1.67. The summed E-state index contributed by atoms with van der Waals surface area (Å²) in [5, 5.41) is 4.79. The maximum atomic E-state index is 6.40. The first-order chi connectivity index (χ1) is 18.0. The fourth-order valence-corrected chi connectivity index (χ4v) is 5.79. The molecular formula is C28H25ClN4O3S. The number of hydrogen-bond acceptors (Lipinski definition) is 5. The molecule has 1 N–H and O–H groups in total. The normalized spacial score (nSPS) is 18.3. The van der Waals surface area contributed by atoms with Gasteiger partial charge in [0.1, 0.15) is 5.75 Å². The summed E-state index contributed by atoms with van der Waals surface area (Å²) in [6, 6.07) is 19.3. The number of nitrogens with zero attached hydrogens (tertiary/aromatic N) is 3. The molecule has 0 spiro atoms. The number of benzene rings is 2. The maximum Gasteiger partial charge on any atom is 0.231 e. The quantitative estimate of drug-likeness (QED) is 0.314. The zero-order valence-corrected chi connectivity index (χ0v) is 22.1. The van der Waals surface area contributed by atoms with Gasteiger partial charge in [0, 0.05) is 34.4 Å². The van der Waals surface area contributed by atoms with Crippen molar-refractivity contribution in [3.63, 3.8) is 0 Å². The Balaban J connectivity index is 1.53. The molecule has 0 unspecified atom stereocenters. The number of rotatable bonds is 5. The predicted octanol–water partition coefficient (Wildman–Crippen LogP) is 6.06. The summed E-state index contributed by atoms with van der Waals surface area (Å²) in [6.45, 7) is 4.40. The number of ether oxygens (including phenoxy) is 3. The minimum absolute atomic E-state index is 0.172. The minimum Gasteiger partial charge on any atom is -0.495 e. The lowest BCUT2D eigenvalue weighted by Crippen LogP contribution is -2.29. The predicted molar refractivity (Wildman–Crippen MR) is 147 cm³/mol. The summed E-state index contributed by atoms with van der Waals surface area (Å²) in [5.41, 5.74) is 5.92. The lowest BCUT2D eigenvalue weighted by Gasteiger charge is -2.28. The van der Waals surface area contributed by atoms with Crippen molar-refractivity contribution in [3.05, 3.63) is 94.5 Å². The monoisotopic (exact) mass is 532 g/mol. The Bertz CT molecular complexity index is 1510. The van der Waals surface area contributed by atoms with E-state index < -0.39 is 0 Å². The van der Waals surface area contributed by atoms with Gasteiger partial charge in [0.05, 0.1) is 30.6 Å². The zero-order valence-electron chi connectivity index (χ0n) is 20.6. The van der Waals surface area contributed by atoms with E-state index in [0.29, 0.717) is 15.9 Å². The number of thiocarbonyl (C=S) groups is 1. The van der Waals surface area contributed by atoms with Gasteiger partial charge < -0.3 is 29.0 Å². The lowest BCUT2D eigenvalue weighted by molar-refractivity contribution is 0.174. The van der Waals surface area contributed by atoms with Gasteiger partial charge in [0.25, 0.3) is 0 Å². The summed E-state index contributed by atoms with van der Waals surface area (Å²) in [4.78, 5) is 6.81. The van der Waals surface area contributed by atoms with E-state index in [0.717, 1.165) is 45.5 Å². The SMILES string of the molecule is COc1ccc(Cl)cc1-n1c(C)cc([C@@H]2[C@H](c3ccccn3)NC(=S)N2c2ccc3c(c2)OCO3)c1C. The van der Waals surface area contributed by atoms with E-state index in [-0.39, 0.29) is 18.9 Å². The highest BCUT2D eigenvalue weighted by molar-refractivity contribution is 7.80. The zero-order chi connectivity index (χ0) is 25.7.